The number of nitrogens with zero attached hydrogens (tertiary/aromatic N) is 4. The van der Waals surface area contributed by atoms with Crippen molar-refractivity contribution in [3.63, 3.8) is 0 Å². The largest absolute Gasteiger partial charge is 0.491 e. The summed E-state index contributed by atoms with van der Waals surface area (Å²) in [5.41, 5.74) is -0.786. The van der Waals surface area contributed by atoms with Gasteiger partial charge in [0.05, 0.1) is 18.7 Å². The van der Waals surface area contributed by atoms with Crippen LogP contribution in [0.4, 0.5) is 13.2 Å². The summed E-state index contributed by atoms with van der Waals surface area (Å²) in [4.78, 5) is 8.61. The topological polar surface area (TPSA) is 85.6 Å². The van der Waals surface area contributed by atoms with Crippen LogP contribution in [0.25, 0.3) is 0 Å². The number of guanidine groups is 1. The Labute approximate surface area is 195 Å². The fourth-order valence-electron chi connectivity index (χ4n) is 3.21. The van der Waals surface area contributed by atoms with E-state index in [1.54, 1.807) is 14.2 Å². The van der Waals surface area contributed by atoms with Crippen molar-refractivity contribution in [2.24, 2.45) is 4.99 Å². The fraction of sp³-hybridized carbons (Fsp3) is 0.526. The first-order valence-electron chi connectivity index (χ1n) is 9.58. The number of aliphatic imine (C=N–C) groups is 1. The number of rotatable bonds is 7. The highest BCUT2D eigenvalue weighted by molar-refractivity contribution is 14.0. The molecule has 0 saturated carbocycles. The number of alkyl halides is 3. The summed E-state index contributed by atoms with van der Waals surface area (Å²) < 4.78 is 51.3. The summed E-state index contributed by atoms with van der Waals surface area (Å²) in [6, 6.07) is 5.27. The maximum atomic E-state index is 13.0. The first-order chi connectivity index (χ1) is 14.4. The van der Waals surface area contributed by atoms with Crippen LogP contribution in [-0.2, 0) is 30.5 Å². The molecule has 0 bridgehead atoms. The molecule has 172 valence electrons. The minimum Gasteiger partial charge on any atom is -0.491 e. The Morgan fingerprint density at radius 3 is 2.81 bits per heavy atom. The number of halogens is 4. The molecular weight excluding hydrogens is 528 g/mol. The van der Waals surface area contributed by atoms with E-state index in [1.807, 2.05) is 4.68 Å². The summed E-state index contributed by atoms with van der Waals surface area (Å²) in [6.45, 7) is 1.37. The fourth-order valence-corrected chi connectivity index (χ4v) is 3.21. The Morgan fingerprint density at radius 2 is 2.10 bits per heavy atom. The molecule has 0 spiro atoms. The summed E-state index contributed by atoms with van der Waals surface area (Å²) in [5, 5.41) is 10.8. The van der Waals surface area contributed by atoms with E-state index in [0.29, 0.717) is 31.5 Å². The highest BCUT2D eigenvalue weighted by Gasteiger charge is 2.34. The third-order valence-corrected chi connectivity index (χ3v) is 4.58. The predicted octanol–water partition coefficient (Wildman–Crippen LogP) is 2.62. The number of para-hydroxylation sites is 1. The van der Waals surface area contributed by atoms with Crippen molar-refractivity contribution in [2.75, 3.05) is 27.3 Å². The molecule has 2 heterocycles. The van der Waals surface area contributed by atoms with Crippen LogP contribution in [0.3, 0.4) is 0 Å². The molecule has 1 aromatic carbocycles. The van der Waals surface area contributed by atoms with E-state index in [1.165, 1.54) is 18.2 Å². The minimum atomic E-state index is -4.45. The first kappa shape index (κ1) is 25.2. The average molecular weight is 554 g/mol. The monoisotopic (exact) mass is 554 g/mol. The molecular formula is C19H26F3IN6O2. The van der Waals surface area contributed by atoms with Gasteiger partial charge in [-0.3, -0.25) is 4.99 Å². The van der Waals surface area contributed by atoms with Gasteiger partial charge < -0.3 is 20.1 Å². The lowest BCUT2D eigenvalue weighted by Gasteiger charge is -2.25. The highest BCUT2D eigenvalue weighted by Crippen LogP contribution is 2.35. The van der Waals surface area contributed by atoms with Gasteiger partial charge >= 0.3 is 6.18 Å². The molecule has 8 nitrogen and oxygen atoms in total. The maximum absolute atomic E-state index is 13.0. The van der Waals surface area contributed by atoms with E-state index in [4.69, 9.17) is 9.47 Å². The smallest absolute Gasteiger partial charge is 0.419 e. The van der Waals surface area contributed by atoms with Gasteiger partial charge in [-0.1, -0.05) is 12.1 Å². The number of hydrogen-bond donors (Lipinski definition) is 2. The summed E-state index contributed by atoms with van der Waals surface area (Å²) in [5.74, 6) is 1.95. The second-order valence-corrected chi connectivity index (χ2v) is 6.78. The van der Waals surface area contributed by atoms with E-state index in [2.05, 4.69) is 25.7 Å². The number of fused-ring (bicyclic) bond motifs is 1. The molecule has 1 aromatic heterocycles. The van der Waals surface area contributed by atoms with Crippen LogP contribution in [0.5, 0.6) is 5.75 Å². The van der Waals surface area contributed by atoms with Gasteiger partial charge in [0.25, 0.3) is 0 Å². The van der Waals surface area contributed by atoms with Gasteiger partial charge in [-0.2, -0.15) is 18.3 Å². The molecule has 1 aliphatic rings. The Kier molecular flexibility index (Phi) is 9.34. The molecule has 0 saturated heterocycles. The number of ether oxygens (including phenoxy) is 2. The van der Waals surface area contributed by atoms with Gasteiger partial charge in [-0.25, -0.2) is 9.67 Å². The summed E-state index contributed by atoms with van der Waals surface area (Å²) in [7, 11) is 3.24. The number of aromatic nitrogens is 3. The molecule has 2 N–H and O–H groups in total. The van der Waals surface area contributed by atoms with Crippen molar-refractivity contribution in [2.45, 2.75) is 38.2 Å². The Hall–Kier alpha value is -2.09. The number of nitrogens with one attached hydrogen (secondary N) is 2. The van der Waals surface area contributed by atoms with Gasteiger partial charge in [-0.15, -0.1) is 24.0 Å². The van der Waals surface area contributed by atoms with Gasteiger partial charge in [0, 0.05) is 26.6 Å². The van der Waals surface area contributed by atoms with Crippen LogP contribution in [-0.4, -0.2) is 54.1 Å². The van der Waals surface area contributed by atoms with Crippen LogP contribution in [0.15, 0.2) is 29.3 Å². The average Bonchev–Trinajstić information content (AvgIpc) is 3.11. The molecule has 0 fully saturated rings. The van der Waals surface area contributed by atoms with Crippen LogP contribution in [0.1, 0.15) is 23.6 Å². The number of methoxy groups -OCH3 is 1. The Morgan fingerprint density at radius 1 is 1.32 bits per heavy atom. The number of benzene rings is 1. The van der Waals surface area contributed by atoms with E-state index in [0.717, 1.165) is 24.7 Å². The van der Waals surface area contributed by atoms with E-state index in [-0.39, 0.29) is 42.4 Å². The Balaban J connectivity index is 0.00000341. The number of aryl methyl sites for hydroxylation is 1. The van der Waals surface area contributed by atoms with Crippen molar-refractivity contribution in [1.29, 1.82) is 0 Å². The van der Waals surface area contributed by atoms with Crippen LogP contribution in [0.2, 0.25) is 0 Å². The maximum Gasteiger partial charge on any atom is 0.419 e. The van der Waals surface area contributed by atoms with Gasteiger partial charge in [-0.05, 0) is 18.6 Å². The molecule has 2 aromatic rings. The van der Waals surface area contributed by atoms with E-state index in [9.17, 15) is 13.2 Å². The molecule has 1 unspecified atom stereocenters. The Bertz CT molecular complexity index is 875. The van der Waals surface area contributed by atoms with Gasteiger partial charge in [0.2, 0.25) is 0 Å². The molecule has 1 aliphatic heterocycles. The second-order valence-electron chi connectivity index (χ2n) is 6.78. The third-order valence-electron chi connectivity index (χ3n) is 4.58. The molecule has 12 heteroatoms. The van der Waals surface area contributed by atoms with Crippen molar-refractivity contribution in [3.8, 4) is 5.75 Å². The molecule has 0 radical (unpaired) electrons. The van der Waals surface area contributed by atoms with E-state index >= 15 is 0 Å². The molecule has 1 atom stereocenters. The van der Waals surface area contributed by atoms with Crippen molar-refractivity contribution in [3.05, 3.63) is 41.5 Å². The van der Waals surface area contributed by atoms with Crippen LogP contribution in [0, 0.1) is 0 Å². The zero-order chi connectivity index (χ0) is 21.6. The lowest BCUT2D eigenvalue weighted by molar-refractivity contribution is -0.138. The first-order valence-corrected chi connectivity index (χ1v) is 9.58. The third kappa shape index (κ3) is 6.95. The van der Waals surface area contributed by atoms with Gasteiger partial charge in [0.1, 0.15) is 24.8 Å². The SMILES string of the molecule is CN=C(NCCOc1ccccc1C(F)(F)F)NC1CCc2nc(COC)nn2C1.I. The lowest BCUT2D eigenvalue weighted by Crippen LogP contribution is -2.47. The number of hydrogen-bond acceptors (Lipinski definition) is 5. The summed E-state index contributed by atoms with van der Waals surface area (Å²) in [6.07, 6.45) is -2.81. The van der Waals surface area contributed by atoms with Crippen molar-refractivity contribution >= 4 is 29.9 Å². The minimum absolute atomic E-state index is 0. The van der Waals surface area contributed by atoms with Crippen LogP contribution < -0.4 is 15.4 Å². The predicted molar refractivity (Wildman–Crippen MR) is 120 cm³/mol. The second kappa shape index (κ2) is 11.5. The van der Waals surface area contributed by atoms with Crippen molar-refractivity contribution < 1.29 is 22.6 Å². The zero-order valence-corrected chi connectivity index (χ0v) is 19.6. The molecule has 31 heavy (non-hydrogen) atoms. The molecule has 0 aliphatic carbocycles. The van der Waals surface area contributed by atoms with E-state index < -0.39 is 11.7 Å². The van der Waals surface area contributed by atoms with Gasteiger partial charge in [0.15, 0.2) is 11.8 Å². The molecule has 0 amide bonds. The summed E-state index contributed by atoms with van der Waals surface area (Å²) >= 11 is 0. The molecule has 3 rings (SSSR count). The highest BCUT2D eigenvalue weighted by atomic mass is 127. The normalized spacial score (nSPS) is 16.3. The quantitative estimate of drug-likeness (QED) is 0.237. The lowest BCUT2D eigenvalue weighted by atomic mass is 10.1. The standard InChI is InChI=1S/C19H25F3N6O2.HI/c1-23-18(24-9-10-30-15-6-4-3-5-14(15)19(20,21)22)25-13-7-8-17-26-16(12-29-2)27-28(17)11-13;/h3-6,13H,7-12H2,1-2H3,(H2,23,24,25);1H. The zero-order valence-electron chi connectivity index (χ0n) is 17.3. The van der Waals surface area contributed by atoms with Crippen LogP contribution >= 0.6 is 24.0 Å². The van der Waals surface area contributed by atoms with Crippen molar-refractivity contribution in [1.82, 2.24) is 25.4 Å².